The SMILES string of the molecule is C[n+]1ccc(-c2cc[n+](Cc3ccc([Si](Cl)(Cl)Cl)cc3)cc2)cc1. The molecule has 0 atom stereocenters. The Balaban J connectivity index is 1.73. The minimum absolute atomic E-state index is 0.783. The molecule has 24 heavy (non-hydrogen) atoms. The summed E-state index contributed by atoms with van der Waals surface area (Å²) < 4.78 is 4.16. The van der Waals surface area contributed by atoms with Crippen LogP contribution in [0.2, 0.25) is 0 Å². The van der Waals surface area contributed by atoms with Crippen molar-refractivity contribution in [1.82, 2.24) is 0 Å². The molecule has 2 nitrogen and oxygen atoms in total. The van der Waals surface area contributed by atoms with E-state index in [1.807, 2.05) is 48.3 Å². The molecule has 0 amide bonds. The molecule has 122 valence electrons. The van der Waals surface area contributed by atoms with E-state index in [1.54, 1.807) is 0 Å². The monoisotopic (exact) mass is 394 g/mol. The highest BCUT2D eigenvalue weighted by atomic mass is 35.8. The van der Waals surface area contributed by atoms with Crippen LogP contribution in [-0.4, -0.2) is 6.00 Å². The first-order chi connectivity index (χ1) is 11.4. The van der Waals surface area contributed by atoms with E-state index in [9.17, 15) is 0 Å². The van der Waals surface area contributed by atoms with Crippen LogP contribution >= 0.6 is 33.2 Å². The second-order valence-corrected chi connectivity index (χ2v) is 14.1. The maximum Gasteiger partial charge on any atom is 0.372 e. The Kier molecular flexibility index (Phi) is 5.26. The minimum Gasteiger partial charge on any atom is -0.208 e. The first-order valence-corrected chi connectivity index (χ1v) is 12.6. The van der Waals surface area contributed by atoms with Gasteiger partial charge in [0, 0.05) is 29.8 Å². The number of aromatic nitrogens is 2. The number of rotatable bonds is 4. The molecule has 0 aliphatic carbocycles. The predicted molar refractivity (Wildman–Crippen MR) is 102 cm³/mol. The normalized spacial score (nSPS) is 11.5. The lowest BCUT2D eigenvalue weighted by molar-refractivity contribution is -0.688. The third-order valence-corrected chi connectivity index (χ3v) is 6.80. The molecule has 3 rings (SSSR count). The average Bonchev–Trinajstić information content (AvgIpc) is 2.56. The van der Waals surface area contributed by atoms with Gasteiger partial charge in [0.15, 0.2) is 31.3 Å². The topological polar surface area (TPSA) is 7.76 Å². The molecule has 0 aliphatic rings. The molecule has 0 saturated carbocycles. The number of halogens is 3. The summed E-state index contributed by atoms with van der Waals surface area (Å²) in [6.45, 7) is 0.783. The Hall–Kier alpha value is -1.39. The Morgan fingerprint density at radius 1 is 0.750 bits per heavy atom. The van der Waals surface area contributed by atoms with Gasteiger partial charge in [0.05, 0.1) is 0 Å². The molecule has 0 bridgehead atoms. The third kappa shape index (κ3) is 4.36. The van der Waals surface area contributed by atoms with Gasteiger partial charge in [-0.2, -0.15) is 0 Å². The number of nitrogens with zero attached hydrogens (tertiary/aromatic N) is 2. The molecule has 0 fully saturated rings. The third-order valence-electron chi connectivity index (χ3n) is 3.85. The molecule has 0 N–H and O–H groups in total. The van der Waals surface area contributed by atoms with Gasteiger partial charge in [0.2, 0.25) is 0 Å². The van der Waals surface area contributed by atoms with Crippen molar-refractivity contribution in [2.24, 2.45) is 7.05 Å². The van der Waals surface area contributed by atoms with Crippen LogP contribution in [0.25, 0.3) is 11.1 Å². The molecule has 0 spiro atoms. The fraction of sp³-hybridized carbons (Fsp3) is 0.111. The van der Waals surface area contributed by atoms with Crippen molar-refractivity contribution >= 4 is 44.4 Å². The van der Waals surface area contributed by atoms with Crippen LogP contribution in [-0.2, 0) is 13.6 Å². The Morgan fingerprint density at radius 2 is 1.25 bits per heavy atom. The van der Waals surface area contributed by atoms with Crippen LogP contribution in [0, 0.1) is 0 Å². The summed E-state index contributed by atoms with van der Waals surface area (Å²) in [6.07, 6.45) is 8.26. The van der Waals surface area contributed by atoms with E-state index >= 15 is 0 Å². The lowest BCUT2D eigenvalue weighted by atomic mass is 10.1. The standard InChI is InChI=1S/C18H17Cl3N2Si/c1-22-10-6-16(7-11-22)17-8-12-23(13-9-17)14-15-2-4-18(5-3-15)24(19,20)21/h2-13H,14H2,1H3/q+2. The fourth-order valence-corrected chi connectivity index (χ4v) is 4.14. The molecule has 0 unspecified atom stereocenters. The molecule has 2 heterocycles. The maximum absolute atomic E-state index is 6.02. The summed E-state index contributed by atoms with van der Waals surface area (Å²) in [6, 6.07) is 13.5. The Labute approximate surface area is 157 Å². The van der Waals surface area contributed by atoms with Gasteiger partial charge in [-0.15, -0.1) is 33.2 Å². The van der Waals surface area contributed by atoms with Gasteiger partial charge in [-0.3, -0.25) is 0 Å². The number of hydrogen-bond donors (Lipinski definition) is 0. The van der Waals surface area contributed by atoms with Gasteiger partial charge in [0.25, 0.3) is 0 Å². The zero-order chi connectivity index (χ0) is 17.2. The highest BCUT2D eigenvalue weighted by molar-refractivity contribution is 7.69. The van der Waals surface area contributed by atoms with E-state index in [4.69, 9.17) is 33.2 Å². The van der Waals surface area contributed by atoms with Crippen LogP contribution in [0.15, 0.2) is 73.3 Å². The quantitative estimate of drug-likeness (QED) is 0.363. The van der Waals surface area contributed by atoms with Crippen molar-refractivity contribution in [3.8, 4) is 11.1 Å². The molecule has 0 aliphatic heterocycles. The van der Waals surface area contributed by atoms with Crippen LogP contribution in [0.1, 0.15) is 5.56 Å². The Bertz CT molecular complexity index is 811. The molecule has 2 aromatic heterocycles. The first kappa shape index (κ1) is 17.4. The summed E-state index contributed by atoms with van der Waals surface area (Å²) >= 11 is 18.1. The summed E-state index contributed by atoms with van der Waals surface area (Å²) in [5.41, 5.74) is 3.58. The Morgan fingerprint density at radius 3 is 1.75 bits per heavy atom. The highest BCUT2D eigenvalue weighted by Crippen LogP contribution is 2.19. The average molecular weight is 396 g/mol. The molecule has 0 saturated heterocycles. The van der Waals surface area contributed by atoms with Gasteiger partial charge in [-0.25, -0.2) is 9.13 Å². The van der Waals surface area contributed by atoms with E-state index in [0.29, 0.717) is 0 Å². The molecule has 6 heteroatoms. The van der Waals surface area contributed by atoms with Gasteiger partial charge in [-0.05, 0) is 16.3 Å². The van der Waals surface area contributed by atoms with Gasteiger partial charge >= 0.3 is 6.00 Å². The van der Waals surface area contributed by atoms with E-state index in [-0.39, 0.29) is 0 Å². The smallest absolute Gasteiger partial charge is 0.208 e. The summed E-state index contributed by atoms with van der Waals surface area (Å²) in [5.74, 6) is 0. The van der Waals surface area contributed by atoms with E-state index in [1.165, 1.54) is 16.7 Å². The van der Waals surface area contributed by atoms with Crippen molar-refractivity contribution in [3.05, 3.63) is 78.9 Å². The van der Waals surface area contributed by atoms with Crippen LogP contribution < -0.4 is 14.3 Å². The van der Waals surface area contributed by atoms with E-state index < -0.39 is 6.00 Å². The maximum atomic E-state index is 6.02. The zero-order valence-corrected chi connectivity index (χ0v) is 16.4. The number of aryl methyl sites for hydroxylation is 1. The second-order valence-electron chi connectivity index (χ2n) is 5.71. The second kappa shape index (κ2) is 7.24. The van der Waals surface area contributed by atoms with Crippen molar-refractivity contribution < 1.29 is 9.13 Å². The predicted octanol–water partition coefficient (Wildman–Crippen LogP) is 3.38. The lowest BCUT2D eigenvalue weighted by Gasteiger charge is -2.08. The van der Waals surface area contributed by atoms with Gasteiger partial charge in [-0.1, -0.05) is 24.3 Å². The number of pyridine rings is 2. The van der Waals surface area contributed by atoms with Gasteiger partial charge in [0.1, 0.15) is 7.05 Å². The van der Waals surface area contributed by atoms with E-state index in [0.717, 1.165) is 11.7 Å². The van der Waals surface area contributed by atoms with Crippen molar-refractivity contribution in [1.29, 1.82) is 0 Å². The van der Waals surface area contributed by atoms with Crippen molar-refractivity contribution in [3.63, 3.8) is 0 Å². The molecule has 3 aromatic rings. The van der Waals surface area contributed by atoms with E-state index in [2.05, 4.69) is 41.2 Å². The first-order valence-electron chi connectivity index (χ1n) is 7.53. The lowest BCUT2D eigenvalue weighted by Crippen LogP contribution is -2.34. The largest absolute Gasteiger partial charge is 0.372 e. The van der Waals surface area contributed by atoms with Crippen molar-refractivity contribution in [2.75, 3.05) is 0 Å². The van der Waals surface area contributed by atoms with Crippen molar-refractivity contribution in [2.45, 2.75) is 6.54 Å². The summed E-state index contributed by atoms with van der Waals surface area (Å²) in [5, 5.41) is 0.814. The van der Waals surface area contributed by atoms with Crippen LogP contribution in [0.5, 0.6) is 0 Å². The summed E-state index contributed by atoms with van der Waals surface area (Å²) in [4.78, 5) is 0. The highest BCUT2D eigenvalue weighted by Gasteiger charge is 2.27. The fourth-order valence-electron chi connectivity index (χ4n) is 2.46. The zero-order valence-electron chi connectivity index (χ0n) is 13.2. The van der Waals surface area contributed by atoms with Crippen LogP contribution in [0.4, 0.5) is 0 Å². The number of hydrogen-bond acceptors (Lipinski definition) is 0. The van der Waals surface area contributed by atoms with Crippen LogP contribution in [0.3, 0.4) is 0 Å². The molecule has 0 radical (unpaired) electrons. The molecular formula is C18H17Cl3N2Si+2. The van der Waals surface area contributed by atoms with Gasteiger partial charge < -0.3 is 0 Å². The molecular weight excluding hydrogens is 379 g/mol. The molecule has 1 aromatic carbocycles. The minimum atomic E-state index is -2.79. The number of benzene rings is 1. The summed E-state index contributed by atoms with van der Waals surface area (Å²) in [7, 11) is 2.01.